The van der Waals surface area contributed by atoms with E-state index in [2.05, 4.69) is 93.6 Å². The van der Waals surface area contributed by atoms with E-state index in [0.717, 1.165) is 24.1 Å². The summed E-state index contributed by atoms with van der Waals surface area (Å²) in [4.78, 5) is 15.5. The highest BCUT2D eigenvalue weighted by Crippen LogP contribution is 2.48. The Labute approximate surface area is 192 Å². The van der Waals surface area contributed by atoms with E-state index < -0.39 is 0 Å². The van der Waals surface area contributed by atoms with Crippen LogP contribution in [0.5, 0.6) is 0 Å². The van der Waals surface area contributed by atoms with Crippen molar-refractivity contribution in [2.24, 2.45) is 17.6 Å². The largest absolute Gasteiger partial charge is 0.326 e. The fourth-order valence-corrected chi connectivity index (χ4v) is 4.55. The van der Waals surface area contributed by atoms with Crippen molar-refractivity contribution >= 4 is 11.6 Å². The zero-order valence-electron chi connectivity index (χ0n) is 19.4. The maximum absolute atomic E-state index is 13.6. The molecule has 0 spiro atoms. The molecule has 1 fully saturated rings. The molecule has 3 atom stereocenters. The Hall–Kier alpha value is -2.91. The highest BCUT2D eigenvalue weighted by atomic mass is 16.2. The number of rotatable bonds is 8. The Bertz CT molecular complexity index is 1030. The monoisotopic (exact) mass is 426 g/mol. The summed E-state index contributed by atoms with van der Waals surface area (Å²) in [5, 5.41) is 0. The molecule has 0 saturated heterocycles. The molecule has 0 aliphatic heterocycles. The minimum atomic E-state index is -0.0374. The van der Waals surface area contributed by atoms with Crippen LogP contribution in [0.3, 0.4) is 0 Å². The zero-order valence-corrected chi connectivity index (χ0v) is 19.4. The molecule has 0 aromatic heterocycles. The van der Waals surface area contributed by atoms with Gasteiger partial charge in [-0.15, -0.1) is 0 Å². The predicted molar refractivity (Wildman–Crippen MR) is 134 cm³/mol. The molecule has 0 unspecified atom stereocenters. The highest BCUT2D eigenvalue weighted by molar-refractivity contribution is 5.97. The van der Waals surface area contributed by atoms with E-state index in [1.807, 2.05) is 11.0 Å². The van der Waals surface area contributed by atoms with Crippen LogP contribution >= 0.6 is 0 Å². The van der Waals surface area contributed by atoms with Crippen LogP contribution in [-0.2, 0) is 4.79 Å². The third kappa shape index (κ3) is 5.28. The SMILES string of the molecule is Cc1ccc(-c2ccc(N(C[C@@H](N)CC(C)C)C(=O)[C@@H]3C[C@H]3c3ccccc3)cc2)cc1. The van der Waals surface area contributed by atoms with Gasteiger partial charge in [-0.3, -0.25) is 4.79 Å². The summed E-state index contributed by atoms with van der Waals surface area (Å²) in [6, 6.07) is 27.2. The molecule has 1 amide bonds. The average Bonchev–Trinajstić information content (AvgIpc) is 3.59. The van der Waals surface area contributed by atoms with E-state index in [1.165, 1.54) is 16.7 Å². The highest BCUT2D eigenvalue weighted by Gasteiger charge is 2.46. The summed E-state index contributed by atoms with van der Waals surface area (Å²) < 4.78 is 0. The van der Waals surface area contributed by atoms with Gasteiger partial charge in [0.05, 0.1) is 0 Å². The van der Waals surface area contributed by atoms with Crippen molar-refractivity contribution in [2.75, 3.05) is 11.4 Å². The first-order valence-corrected chi connectivity index (χ1v) is 11.7. The molecule has 4 rings (SSSR count). The van der Waals surface area contributed by atoms with Crippen LogP contribution in [0, 0.1) is 18.8 Å². The summed E-state index contributed by atoms with van der Waals surface area (Å²) in [6.07, 6.45) is 1.82. The van der Waals surface area contributed by atoms with Crippen LogP contribution in [0.25, 0.3) is 11.1 Å². The number of benzene rings is 3. The maximum atomic E-state index is 13.6. The van der Waals surface area contributed by atoms with Crippen molar-refractivity contribution in [1.82, 2.24) is 0 Å². The van der Waals surface area contributed by atoms with Gasteiger partial charge in [-0.25, -0.2) is 0 Å². The number of hydrogen-bond donors (Lipinski definition) is 1. The third-order valence-electron chi connectivity index (χ3n) is 6.36. The molecule has 1 saturated carbocycles. The Morgan fingerprint density at radius 2 is 1.53 bits per heavy atom. The second-order valence-electron chi connectivity index (χ2n) is 9.61. The molecular weight excluding hydrogens is 392 g/mol. The number of amides is 1. The molecule has 1 aliphatic rings. The van der Waals surface area contributed by atoms with E-state index in [-0.39, 0.29) is 17.9 Å². The summed E-state index contributed by atoms with van der Waals surface area (Å²) in [6.45, 7) is 7.00. The van der Waals surface area contributed by atoms with Crippen molar-refractivity contribution in [2.45, 2.75) is 45.6 Å². The molecule has 3 heteroatoms. The number of carbonyl (C=O) groups excluding carboxylic acids is 1. The van der Waals surface area contributed by atoms with Gasteiger partial charge in [-0.2, -0.15) is 0 Å². The molecule has 3 aromatic carbocycles. The van der Waals surface area contributed by atoms with Crippen molar-refractivity contribution in [3.05, 3.63) is 90.0 Å². The lowest BCUT2D eigenvalue weighted by molar-refractivity contribution is -0.120. The Balaban J connectivity index is 1.55. The summed E-state index contributed by atoms with van der Waals surface area (Å²) in [5.74, 6) is 1.06. The van der Waals surface area contributed by atoms with E-state index in [0.29, 0.717) is 18.4 Å². The summed E-state index contributed by atoms with van der Waals surface area (Å²) in [5.41, 5.74) is 12.2. The number of nitrogens with two attached hydrogens (primary N) is 1. The molecule has 32 heavy (non-hydrogen) atoms. The number of hydrogen-bond acceptors (Lipinski definition) is 2. The molecule has 1 aliphatic carbocycles. The van der Waals surface area contributed by atoms with Gasteiger partial charge < -0.3 is 10.6 Å². The van der Waals surface area contributed by atoms with Gasteiger partial charge in [0.1, 0.15) is 0 Å². The molecule has 0 radical (unpaired) electrons. The number of nitrogens with zero attached hydrogens (tertiary/aromatic N) is 1. The van der Waals surface area contributed by atoms with Gasteiger partial charge >= 0.3 is 0 Å². The van der Waals surface area contributed by atoms with Crippen LogP contribution in [-0.4, -0.2) is 18.5 Å². The quantitative estimate of drug-likeness (QED) is 0.468. The lowest BCUT2D eigenvalue weighted by atomic mass is 10.0. The Morgan fingerprint density at radius 1 is 0.938 bits per heavy atom. The van der Waals surface area contributed by atoms with Crippen LogP contribution in [0.4, 0.5) is 5.69 Å². The van der Waals surface area contributed by atoms with Gasteiger partial charge in [-0.1, -0.05) is 86.1 Å². The first-order valence-electron chi connectivity index (χ1n) is 11.7. The maximum Gasteiger partial charge on any atom is 0.230 e. The van der Waals surface area contributed by atoms with Gasteiger partial charge in [0.2, 0.25) is 5.91 Å². The molecule has 2 N–H and O–H groups in total. The number of carbonyl (C=O) groups is 1. The van der Waals surface area contributed by atoms with E-state index in [1.54, 1.807) is 0 Å². The average molecular weight is 427 g/mol. The topological polar surface area (TPSA) is 46.3 Å². The van der Waals surface area contributed by atoms with Crippen LogP contribution in [0.15, 0.2) is 78.9 Å². The Morgan fingerprint density at radius 3 is 2.12 bits per heavy atom. The van der Waals surface area contributed by atoms with Crippen molar-refractivity contribution in [1.29, 1.82) is 0 Å². The summed E-state index contributed by atoms with van der Waals surface area (Å²) in [7, 11) is 0. The predicted octanol–water partition coefficient (Wildman–Crippen LogP) is 6.17. The van der Waals surface area contributed by atoms with Crippen LogP contribution in [0.1, 0.15) is 43.7 Å². The molecule has 0 bridgehead atoms. The number of anilines is 1. The zero-order chi connectivity index (χ0) is 22.7. The van der Waals surface area contributed by atoms with Crippen molar-refractivity contribution in [3.63, 3.8) is 0 Å². The fourth-order valence-electron chi connectivity index (χ4n) is 4.55. The minimum absolute atomic E-state index is 0.0374. The first-order chi connectivity index (χ1) is 15.4. The van der Waals surface area contributed by atoms with E-state index in [9.17, 15) is 4.79 Å². The molecular formula is C29H34N2O. The van der Waals surface area contributed by atoms with E-state index >= 15 is 0 Å². The standard InChI is InChI=1S/C29H34N2O/c1-20(2)17-25(30)19-31(29(32)28-18-27(28)24-7-5-4-6-8-24)26-15-13-23(14-16-26)22-11-9-21(3)10-12-22/h4-16,20,25,27-28H,17-19,30H2,1-3H3/t25-,27-,28+/m0/s1. The van der Waals surface area contributed by atoms with Crippen molar-refractivity contribution < 1.29 is 4.79 Å². The molecule has 166 valence electrons. The second kappa shape index (κ2) is 9.70. The van der Waals surface area contributed by atoms with Crippen LogP contribution in [0.2, 0.25) is 0 Å². The Kier molecular flexibility index (Phi) is 6.76. The lowest BCUT2D eigenvalue weighted by Crippen LogP contribution is -2.42. The normalized spacial score (nSPS) is 18.4. The molecule has 3 nitrogen and oxygen atoms in total. The minimum Gasteiger partial charge on any atom is -0.326 e. The first kappa shape index (κ1) is 22.3. The van der Waals surface area contributed by atoms with Gasteiger partial charge in [0.25, 0.3) is 0 Å². The summed E-state index contributed by atoms with van der Waals surface area (Å²) >= 11 is 0. The van der Waals surface area contributed by atoms with Gasteiger partial charge in [0, 0.05) is 24.2 Å². The van der Waals surface area contributed by atoms with Crippen LogP contribution < -0.4 is 10.6 Å². The smallest absolute Gasteiger partial charge is 0.230 e. The molecule has 3 aromatic rings. The lowest BCUT2D eigenvalue weighted by Gasteiger charge is -2.27. The van der Waals surface area contributed by atoms with Crippen molar-refractivity contribution in [3.8, 4) is 11.1 Å². The molecule has 0 heterocycles. The fraction of sp³-hybridized carbons (Fsp3) is 0.345. The van der Waals surface area contributed by atoms with Gasteiger partial charge in [0.15, 0.2) is 0 Å². The second-order valence-corrected chi connectivity index (χ2v) is 9.61. The van der Waals surface area contributed by atoms with E-state index in [4.69, 9.17) is 5.73 Å². The van der Waals surface area contributed by atoms with Gasteiger partial charge in [-0.05, 0) is 60.4 Å². The third-order valence-corrected chi connectivity index (χ3v) is 6.36. The number of aryl methyl sites for hydroxylation is 1.